The molecule has 4 rings (SSSR count). The summed E-state index contributed by atoms with van der Waals surface area (Å²) in [5.41, 5.74) is 3.32. The Balaban J connectivity index is 1.63. The fraction of sp³-hybridized carbons (Fsp3) is 0.105. The molecule has 1 N–H and O–H groups in total. The SMILES string of the molecule is FC(F)(F)c1cnc(NCc2cn(-c3ccccc3)nc2-c2ccncc2)s1. The Hall–Kier alpha value is -3.20. The molecule has 142 valence electrons. The number of aromatic nitrogens is 4. The molecule has 0 bridgehead atoms. The fourth-order valence-corrected chi connectivity index (χ4v) is 3.34. The van der Waals surface area contributed by atoms with Gasteiger partial charge in [0.15, 0.2) is 5.13 Å². The lowest BCUT2D eigenvalue weighted by molar-refractivity contribution is -0.134. The Morgan fingerprint density at radius 3 is 2.46 bits per heavy atom. The number of anilines is 1. The number of para-hydroxylation sites is 1. The number of alkyl halides is 3. The molecule has 0 atom stereocenters. The van der Waals surface area contributed by atoms with Gasteiger partial charge in [-0.2, -0.15) is 18.3 Å². The van der Waals surface area contributed by atoms with E-state index in [0.717, 1.165) is 28.7 Å². The molecule has 0 unspecified atom stereocenters. The van der Waals surface area contributed by atoms with Gasteiger partial charge in [0, 0.05) is 36.3 Å². The van der Waals surface area contributed by atoms with Crippen LogP contribution in [-0.2, 0) is 12.7 Å². The first-order valence-electron chi connectivity index (χ1n) is 8.32. The average molecular weight is 401 g/mol. The summed E-state index contributed by atoms with van der Waals surface area (Å²) in [5, 5.41) is 7.83. The predicted molar refractivity (Wildman–Crippen MR) is 101 cm³/mol. The van der Waals surface area contributed by atoms with Gasteiger partial charge in [-0.25, -0.2) is 9.67 Å². The van der Waals surface area contributed by atoms with Crippen molar-refractivity contribution in [3.05, 3.63) is 77.7 Å². The van der Waals surface area contributed by atoms with Gasteiger partial charge < -0.3 is 5.32 Å². The van der Waals surface area contributed by atoms with E-state index in [2.05, 4.69) is 20.4 Å². The third-order valence-electron chi connectivity index (χ3n) is 3.98. The second-order valence-corrected chi connectivity index (χ2v) is 6.93. The van der Waals surface area contributed by atoms with Gasteiger partial charge in [-0.15, -0.1) is 0 Å². The van der Waals surface area contributed by atoms with Crippen LogP contribution >= 0.6 is 11.3 Å². The first kappa shape index (κ1) is 18.2. The Labute approximate surface area is 162 Å². The maximum Gasteiger partial charge on any atom is 0.427 e. The summed E-state index contributed by atoms with van der Waals surface area (Å²) in [6, 6.07) is 13.3. The van der Waals surface area contributed by atoms with Gasteiger partial charge in [0.05, 0.1) is 17.6 Å². The van der Waals surface area contributed by atoms with Gasteiger partial charge in [0.1, 0.15) is 4.88 Å². The van der Waals surface area contributed by atoms with Crippen molar-refractivity contribution in [2.45, 2.75) is 12.7 Å². The lowest BCUT2D eigenvalue weighted by Gasteiger charge is -2.04. The molecule has 3 aromatic heterocycles. The third kappa shape index (κ3) is 3.89. The highest BCUT2D eigenvalue weighted by Crippen LogP contribution is 2.35. The van der Waals surface area contributed by atoms with Crippen LogP contribution in [0.15, 0.2) is 67.3 Å². The van der Waals surface area contributed by atoms with E-state index in [9.17, 15) is 13.2 Å². The summed E-state index contributed by atoms with van der Waals surface area (Å²) >= 11 is 0.579. The van der Waals surface area contributed by atoms with Crippen LogP contribution in [0.5, 0.6) is 0 Å². The summed E-state index contributed by atoms with van der Waals surface area (Å²) in [6.45, 7) is 0.287. The van der Waals surface area contributed by atoms with Gasteiger partial charge in [-0.05, 0) is 24.3 Å². The largest absolute Gasteiger partial charge is 0.427 e. The number of hydrogen-bond acceptors (Lipinski definition) is 5. The molecule has 28 heavy (non-hydrogen) atoms. The van der Waals surface area contributed by atoms with E-state index in [4.69, 9.17) is 0 Å². The van der Waals surface area contributed by atoms with Crippen LogP contribution in [0.3, 0.4) is 0 Å². The van der Waals surface area contributed by atoms with E-state index < -0.39 is 11.1 Å². The highest BCUT2D eigenvalue weighted by atomic mass is 32.1. The zero-order chi connectivity index (χ0) is 19.6. The van der Waals surface area contributed by atoms with Crippen LogP contribution in [0.4, 0.5) is 18.3 Å². The van der Waals surface area contributed by atoms with Gasteiger partial charge in [0.2, 0.25) is 0 Å². The van der Waals surface area contributed by atoms with Gasteiger partial charge in [-0.3, -0.25) is 4.98 Å². The molecular formula is C19H14F3N5S. The topological polar surface area (TPSA) is 55.6 Å². The van der Waals surface area contributed by atoms with Crippen LogP contribution in [0, 0.1) is 0 Å². The van der Waals surface area contributed by atoms with Crippen LogP contribution < -0.4 is 5.32 Å². The second kappa shape index (κ2) is 7.43. The van der Waals surface area contributed by atoms with E-state index in [1.807, 2.05) is 48.7 Å². The normalized spacial score (nSPS) is 11.5. The highest BCUT2D eigenvalue weighted by molar-refractivity contribution is 7.15. The second-order valence-electron chi connectivity index (χ2n) is 5.90. The zero-order valence-electron chi connectivity index (χ0n) is 14.4. The number of benzene rings is 1. The van der Waals surface area contributed by atoms with E-state index in [-0.39, 0.29) is 11.7 Å². The molecular weight excluding hydrogens is 387 g/mol. The van der Waals surface area contributed by atoms with Crippen molar-refractivity contribution in [1.29, 1.82) is 0 Å². The van der Waals surface area contributed by atoms with Crippen LogP contribution in [0.1, 0.15) is 10.4 Å². The summed E-state index contributed by atoms with van der Waals surface area (Å²) in [4.78, 5) is 7.10. The Bertz CT molecular complexity index is 1060. The molecule has 0 saturated heterocycles. The van der Waals surface area contributed by atoms with E-state index in [1.165, 1.54) is 0 Å². The lowest BCUT2D eigenvalue weighted by Crippen LogP contribution is -2.01. The highest BCUT2D eigenvalue weighted by Gasteiger charge is 2.33. The first-order chi connectivity index (χ1) is 13.5. The molecule has 3 heterocycles. The average Bonchev–Trinajstić information content (AvgIpc) is 3.35. The Kier molecular flexibility index (Phi) is 4.82. The Morgan fingerprint density at radius 1 is 1.04 bits per heavy atom. The van der Waals surface area contributed by atoms with E-state index >= 15 is 0 Å². The van der Waals surface area contributed by atoms with Gasteiger partial charge in [0.25, 0.3) is 0 Å². The summed E-state index contributed by atoms with van der Waals surface area (Å²) < 4.78 is 40.0. The molecule has 0 aliphatic heterocycles. The minimum absolute atomic E-state index is 0.209. The minimum atomic E-state index is -4.39. The molecule has 0 aliphatic carbocycles. The number of halogens is 3. The molecule has 1 aromatic carbocycles. The molecule has 0 aliphatic rings. The molecule has 0 fully saturated rings. The predicted octanol–water partition coefficient (Wildman–Crippen LogP) is 5.02. The van der Waals surface area contributed by atoms with Crippen LogP contribution in [-0.4, -0.2) is 19.7 Å². The molecule has 5 nitrogen and oxygen atoms in total. The number of nitrogens with one attached hydrogen (secondary N) is 1. The minimum Gasteiger partial charge on any atom is -0.357 e. The van der Waals surface area contributed by atoms with Crippen molar-refractivity contribution in [2.24, 2.45) is 0 Å². The summed E-state index contributed by atoms with van der Waals surface area (Å²) in [5.74, 6) is 0. The van der Waals surface area contributed by atoms with Crippen LogP contribution in [0.25, 0.3) is 16.9 Å². The smallest absolute Gasteiger partial charge is 0.357 e. The molecule has 0 spiro atoms. The zero-order valence-corrected chi connectivity index (χ0v) is 15.2. The van der Waals surface area contributed by atoms with Crippen molar-refractivity contribution in [3.8, 4) is 16.9 Å². The third-order valence-corrected chi connectivity index (χ3v) is 4.98. The Morgan fingerprint density at radius 2 is 1.79 bits per heavy atom. The molecule has 0 radical (unpaired) electrons. The number of pyridine rings is 1. The maximum atomic E-state index is 12.8. The summed E-state index contributed by atoms with van der Waals surface area (Å²) in [7, 11) is 0. The first-order valence-corrected chi connectivity index (χ1v) is 9.13. The standard InChI is InChI=1S/C19H14F3N5S/c20-19(21,22)16-11-25-18(28-16)24-10-14-12-27(15-4-2-1-3-5-15)26-17(14)13-6-8-23-9-7-13/h1-9,11-12H,10H2,(H,24,25). The molecule has 9 heteroatoms. The van der Waals surface area contributed by atoms with E-state index in [0.29, 0.717) is 11.3 Å². The molecule has 4 aromatic rings. The quantitative estimate of drug-likeness (QED) is 0.510. The van der Waals surface area contributed by atoms with E-state index in [1.54, 1.807) is 17.1 Å². The number of rotatable bonds is 5. The van der Waals surface area contributed by atoms with Crippen molar-refractivity contribution < 1.29 is 13.2 Å². The molecule has 0 amide bonds. The fourth-order valence-electron chi connectivity index (χ4n) is 2.66. The number of nitrogens with zero attached hydrogens (tertiary/aromatic N) is 4. The van der Waals surface area contributed by atoms with Crippen molar-refractivity contribution >= 4 is 16.5 Å². The lowest BCUT2D eigenvalue weighted by atomic mass is 10.1. The molecule has 0 saturated carbocycles. The maximum absolute atomic E-state index is 12.8. The van der Waals surface area contributed by atoms with Crippen molar-refractivity contribution in [2.75, 3.05) is 5.32 Å². The number of hydrogen-bond donors (Lipinski definition) is 1. The summed E-state index contributed by atoms with van der Waals surface area (Å²) in [6.07, 6.45) is 1.65. The van der Waals surface area contributed by atoms with Crippen LogP contribution in [0.2, 0.25) is 0 Å². The van der Waals surface area contributed by atoms with Crippen molar-refractivity contribution in [3.63, 3.8) is 0 Å². The number of thiazole rings is 1. The monoisotopic (exact) mass is 401 g/mol. The van der Waals surface area contributed by atoms with Crippen molar-refractivity contribution in [1.82, 2.24) is 19.7 Å². The van der Waals surface area contributed by atoms with Gasteiger partial charge in [-0.1, -0.05) is 29.5 Å². The van der Waals surface area contributed by atoms with Gasteiger partial charge >= 0.3 is 6.18 Å².